The standard InChI is InChI=1S/C13H18N4O2S/c1-2-15-6-8-16(9-7-15)13(20)14-11-4-3-5-12(10-11)17(18)19/h3-5,10H,2,6-9H2,1H3,(H,14,20)/p+1. The van der Waals surface area contributed by atoms with E-state index in [9.17, 15) is 10.1 Å². The van der Waals surface area contributed by atoms with Gasteiger partial charge in [-0.3, -0.25) is 10.1 Å². The summed E-state index contributed by atoms with van der Waals surface area (Å²) in [6.07, 6.45) is 0. The van der Waals surface area contributed by atoms with Crippen LogP contribution in [0.25, 0.3) is 0 Å². The molecule has 6 nitrogen and oxygen atoms in total. The van der Waals surface area contributed by atoms with Gasteiger partial charge in [0.25, 0.3) is 5.69 Å². The van der Waals surface area contributed by atoms with Gasteiger partial charge in [-0.15, -0.1) is 0 Å². The lowest BCUT2D eigenvalue weighted by molar-refractivity contribution is -0.902. The Labute approximate surface area is 123 Å². The van der Waals surface area contributed by atoms with Gasteiger partial charge in [0.15, 0.2) is 5.11 Å². The van der Waals surface area contributed by atoms with Crippen LogP contribution in [0.15, 0.2) is 24.3 Å². The molecule has 1 fully saturated rings. The van der Waals surface area contributed by atoms with Crippen molar-refractivity contribution in [2.75, 3.05) is 38.0 Å². The summed E-state index contributed by atoms with van der Waals surface area (Å²) in [6.45, 7) is 7.32. The van der Waals surface area contributed by atoms with Crippen molar-refractivity contribution in [2.45, 2.75) is 6.92 Å². The molecule has 20 heavy (non-hydrogen) atoms. The molecule has 0 bridgehead atoms. The number of rotatable bonds is 3. The summed E-state index contributed by atoms with van der Waals surface area (Å²) in [6, 6.07) is 6.41. The van der Waals surface area contributed by atoms with Gasteiger partial charge in [0.1, 0.15) is 0 Å². The van der Waals surface area contributed by atoms with Crippen LogP contribution >= 0.6 is 12.2 Å². The first-order valence-corrected chi connectivity index (χ1v) is 7.15. The normalized spacial score (nSPS) is 15.9. The topological polar surface area (TPSA) is 62.8 Å². The van der Waals surface area contributed by atoms with Crippen molar-refractivity contribution in [1.82, 2.24) is 4.90 Å². The third-order valence-electron chi connectivity index (χ3n) is 3.57. The molecule has 0 spiro atoms. The van der Waals surface area contributed by atoms with Crippen molar-refractivity contribution < 1.29 is 9.82 Å². The van der Waals surface area contributed by atoms with Crippen molar-refractivity contribution in [3.05, 3.63) is 34.4 Å². The van der Waals surface area contributed by atoms with E-state index < -0.39 is 4.92 Å². The summed E-state index contributed by atoms with van der Waals surface area (Å²) in [4.78, 5) is 14.0. The summed E-state index contributed by atoms with van der Waals surface area (Å²) < 4.78 is 0. The van der Waals surface area contributed by atoms with Crippen molar-refractivity contribution >= 4 is 28.7 Å². The number of quaternary nitrogens is 1. The van der Waals surface area contributed by atoms with Gasteiger partial charge in [-0.05, 0) is 25.2 Å². The van der Waals surface area contributed by atoms with Gasteiger partial charge in [0.05, 0.1) is 37.6 Å². The molecule has 7 heteroatoms. The summed E-state index contributed by atoms with van der Waals surface area (Å²) in [7, 11) is 0. The Morgan fingerprint density at radius 3 is 2.80 bits per heavy atom. The molecule has 1 aliphatic rings. The lowest BCUT2D eigenvalue weighted by Gasteiger charge is -2.33. The highest BCUT2D eigenvalue weighted by Crippen LogP contribution is 2.17. The summed E-state index contributed by atoms with van der Waals surface area (Å²) in [5.74, 6) is 0. The van der Waals surface area contributed by atoms with Gasteiger partial charge in [-0.2, -0.15) is 0 Å². The first-order chi connectivity index (χ1) is 9.60. The van der Waals surface area contributed by atoms with Gasteiger partial charge < -0.3 is 15.1 Å². The van der Waals surface area contributed by atoms with Gasteiger partial charge >= 0.3 is 0 Å². The number of nitro groups is 1. The Balaban J connectivity index is 1.95. The number of thiocarbonyl (C=S) groups is 1. The second kappa shape index (κ2) is 6.62. The number of hydrogen-bond donors (Lipinski definition) is 2. The first-order valence-electron chi connectivity index (χ1n) is 6.74. The highest BCUT2D eigenvalue weighted by molar-refractivity contribution is 7.80. The van der Waals surface area contributed by atoms with Crippen LogP contribution in [0.1, 0.15) is 6.92 Å². The molecule has 1 saturated heterocycles. The van der Waals surface area contributed by atoms with E-state index in [2.05, 4.69) is 17.1 Å². The Hall–Kier alpha value is -1.73. The Kier molecular flexibility index (Phi) is 4.86. The van der Waals surface area contributed by atoms with Crippen LogP contribution in [0.5, 0.6) is 0 Å². The Bertz CT molecular complexity index is 501. The second-order valence-electron chi connectivity index (χ2n) is 4.83. The lowest BCUT2D eigenvalue weighted by atomic mass is 10.3. The van der Waals surface area contributed by atoms with Crippen LogP contribution in [0, 0.1) is 10.1 Å². The smallest absolute Gasteiger partial charge is 0.271 e. The van der Waals surface area contributed by atoms with E-state index in [1.807, 2.05) is 0 Å². The first kappa shape index (κ1) is 14.7. The number of nitrogens with zero attached hydrogens (tertiary/aromatic N) is 2. The fourth-order valence-corrected chi connectivity index (χ4v) is 2.58. The molecule has 0 saturated carbocycles. The maximum absolute atomic E-state index is 10.7. The average Bonchev–Trinajstić information content (AvgIpc) is 2.47. The highest BCUT2D eigenvalue weighted by atomic mass is 32.1. The van der Waals surface area contributed by atoms with E-state index in [1.54, 1.807) is 17.0 Å². The molecule has 0 atom stereocenters. The zero-order valence-electron chi connectivity index (χ0n) is 11.5. The third-order valence-corrected chi connectivity index (χ3v) is 3.93. The number of nitro benzene ring substituents is 1. The molecule has 1 heterocycles. The SMILES string of the molecule is CC[NH+]1CCN(C(=S)Nc2cccc([N+](=O)[O-])c2)CC1. The summed E-state index contributed by atoms with van der Waals surface area (Å²) >= 11 is 5.38. The number of anilines is 1. The van der Waals surface area contributed by atoms with E-state index >= 15 is 0 Å². The van der Waals surface area contributed by atoms with E-state index in [-0.39, 0.29) is 5.69 Å². The zero-order valence-corrected chi connectivity index (χ0v) is 12.3. The van der Waals surface area contributed by atoms with Crippen LogP contribution in [-0.2, 0) is 0 Å². The maximum atomic E-state index is 10.7. The van der Waals surface area contributed by atoms with E-state index in [4.69, 9.17) is 12.2 Å². The number of likely N-dealkylation sites (N-methyl/N-ethyl adjacent to an activating group) is 1. The van der Waals surface area contributed by atoms with Crippen LogP contribution in [0.3, 0.4) is 0 Å². The third kappa shape index (κ3) is 3.64. The van der Waals surface area contributed by atoms with Crippen LogP contribution < -0.4 is 10.2 Å². The molecule has 1 aromatic rings. The monoisotopic (exact) mass is 295 g/mol. The largest absolute Gasteiger partial charge is 0.338 e. The number of nitrogens with one attached hydrogen (secondary N) is 2. The highest BCUT2D eigenvalue weighted by Gasteiger charge is 2.20. The van der Waals surface area contributed by atoms with Crippen molar-refractivity contribution in [1.29, 1.82) is 0 Å². The fourth-order valence-electron chi connectivity index (χ4n) is 2.28. The molecular formula is C13H19N4O2S+. The van der Waals surface area contributed by atoms with Gasteiger partial charge in [0, 0.05) is 17.8 Å². The summed E-state index contributed by atoms with van der Waals surface area (Å²) in [5, 5.41) is 14.5. The average molecular weight is 295 g/mol. The second-order valence-corrected chi connectivity index (χ2v) is 5.21. The molecule has 0 radical (unpaired) electrons. The van der Waals surface area contributed by atoms with Gasteiger partial charge in [-0.25, -0.2) is 0 Å². The molecule has 0 amide bonds. The van der Waals surface area contributed by atoms with E-state index in [0.29, 0.717) is 10.8 Å². The number of non-ortho nitro benzene ring substituents is 1. The van der Waals surface area contributed by atoms with E-state index in [0.717, 1.165) is 32.7 Å². The molecule has 2 N–H and O–H groups in total. The van der Waals surface area contributed by atoms with Gasteiger partial charge in [-0.1, -0.05) is 6.07 Å². The van der Waals surface area contributed by atoms with Crippen molar-refractivity contribution in [3.63, 3.8) is 0 Å². The minimum Gasteiger partial charge on any atom is -0.338 e. The fraction of sp³-hybridized carbons (Fsp3) is 0.462. The zero-order chi connectivity index (χ0) is 14.5. The van der Waals surface area contributed by atoms with Gasteiger partial charge in [0.2, 0.25) is 0 Å². The number of piperazine rings is 1. The van der Waals surface area contributed by atoms with Crippen molar-refractivity contribution in [2.24, 2.45) is 0 Å². The molecule has 2 rings (SSSR count). The quantitative estimate of drug-likeness (QED) is 0.483. The molecule has 1 aromatic carbocycles. The number of benzene rings is 1. The predicted octanol–water partition coefficient (Wildman–Crippen LogP) is 0.512. The molecule has 0 aliphatic carbocycles. The summed E-state index contributed by atoms with van der Waals surface area (Å²) in [5.41, 5.74) is 0.729. The maximum Gasteiger partial charge on any atom is 0.271 e. The number of hydrogen-bond acceptors (Lipinski definition) is 3. The van der Waals surface area contributed by atoms with Crippen LogP contribution in [0.2, 0.25) is 0 Å². The molecule has 108 valence electrons. The molecule has 0 unspecified atom stereocenters. The molecule has 0 aromatic heterocycles. The van der Waals surface area contributed by atoms with Crippen LogP contribution in [0.4, 0.5) is 11.4 Å². The lowest BCUT2D eigenvalue weighted by Crippen LogP contribution is -3.14. The Morgan fingerprint density at radius 1 is 1.50 bits per heavy atom. The van der Waals surface area contributed by atoms with Crippen LogP contribution in [-0.4, -0.2) is 47.7 Å². The van der Waals surface area contributed by atoms with Crippen molar-refractivity contribution in [3.8, 4) is 0 Å². The minimum atomic E-state index is -0.405. The van der Waals surface area contributed by atoms with E-state index in [1.165, 1.54) is 12.1 Å². The molecular weight excluding hydrogens is 276 g/mol. The minimum absolute atomic E-state index is 0.0676. The Morgan fingerprint density at radius 2 is 2.20 bits per heavy atom. The predicted molar refractivity (Wildman–Crippen MR) is 82.1 cm³/mol. The molecule has 1 aliphatic heterocycles.